The summed E-state index contributed by atoms with van der Waals surface area (Å²) in [5.74, 6) is 1.52. The molecular formula is C13H9IN2O3. The largest absolute Gasteiger partial charge is 0.507 e. The molecule has 2 heterocycles. The fraction of sp³-hybridized carbons (Fsp3) is 0.0769. The Morgan fingerprint density at radius 2 is 2.11 bits per heavy atom. The van der Waals surface area contributed by atoms with E-state index in [4.69, 9.17) is 8.94 Å². The second kappa shape index (κ2) is 4.69. The molecule has 5 nitrogen and oxygen atoms in total. The molecule has 3 rings (SSSR count). The fourth-order valence-electron chi connectivity index (χ4n) is 1.68. The summed E-state index contributed by atoms with van der Waals surface area (Å²) in [5.41, 5.74) is 1.61. The van der Waals surface area contributed by atoms with E-state index in [0.717, 1.165) is 9.13 Å². The van der Waals surface area contributed by atoms with Crippen LogP contribution in [0.15, 0.2) is 39.5 Å². The molecule has 0 atom stereocenters. The zero-order valence-corrected chi connectivity index (χ0v) is 12.1. The van der Waals surface area contributed by atoms with Crippen molar-refractivity contribution in [1.29, 1.82) is 0 Å². The van der Waals surface area contributed by atoms with Gasteiger partial charge in [0.05, 0.1) is 9.83 Å². The average molecular weight is 368 g/mol. The maximum Gasteiger partial charge on any atom is 0.258 e. The van der Waals surface area contributed by atoms with Crippen LogP contribution in [0.1, 0.15) is 5.56 Å². The molecule has 0 aliphatic heterocycles. The number of aryl methyl sites for hydroxylation is 1. The van der Waals surface area contributed by atoms with Crippen molar-refractivity contribution in [3.05, 3.63) is 39.7 Å². The second-order valence-electron chi connectivity index (χ2n) is 4.02. The van der Waals surface area contributed by atoms with E-state index in [0.29, 0.717) is 23.0 Å². The van der Waals surface area contributed by atoms with E-state index in [2.05, 4.69) is 10.1 Å². The first-order valence-electron chi connectivity index (χ1n) is 5.52. The smallest absolute Gasteiger partial charge is 0.258 e. The van der Waals surface area contributed by atoms with Crippen molar-refractivity contribution in [3.8, 4) is 28.8 Å². The monoisotopic (exact) mass is 368 g/mol. The van der Waals surface area contributed by atoms with Gasteiger partial charge >= 0.3 is 0 Å². The number of hydrogen-bond acceptors (Lipinski definition) is 5. The quantitative estimate of drug-likeness (QED) is 0.700. The highest BCUT2D eigenvalue weighted by Crippen LogP contribution is 2.28. The van der Waals surface area contributed by atoms with E-state index < -0.39 is 0 Å². The first-order chi connectivity index (χ1) is 9.15. The summed E-state index contributed by atoms with van der Waals surface area (Å²) in [4.78, 5) is 4.27. The van der Waals surface area contributed by atoms with E-state index >= 15 is 0 Å². The first kappa shape index (κ1) is 12.2. The predicted molar refractivity (Wildman–Crippen MR) is 76.6 cm³/mol. The van der Waals surface area contributed by atoms with E-state index in [9.17, 15) is 5.11 Å². The molecule has 96 valence electrons. The molecular weight excluding hydrogens is 359 g/mol. The van der Waals surface area contributed by atoms with Crippen LogP contribution in [0.3, 0.4) is 0 Å². The zero-order chi connectivity index (χ0) is 13.4. The van der Waals surface area contributed by atoms with Crippen molar-refractivity contribution in [2.45, 2.75) is 6.92 Å². The van der Waals surface area contributed by atoms with Gasteiger partial charge in [0.2, 0.25) is 5.82 Å². The number of hydrogen-bond donors (Lipinski definition) is 1. The summed E-state index contributed by atoms with van der Waals surface area (Å²) in [5, 5.41) is 13.6. The van der Waals surface area contributed by atoms with Gasteiger partial charge in [-0.2, -0.15) is 4.98 Å². The predicted octanol–water partition coefficient (Wildman–Crippen LogP) is 3.62. The summed E-state index contributed by atoms with van der Waals surface area (Å²) in [6, 6.07) is 7.02. The number of rotatable bonds is 2. The average Bonchev–Trinajstić information content (AvgIpc) is 3.01. The Balaban J connectivity index is 2.01. The lowest BCUT2D eigenvalue weighted by atomic mass is 10.2. The molecule has 0 aliphatic rings. The molecule has 0 saturated carbocycles. The third-order valence-corrected chi connectivity index (χ3v) is 3.60. The molecule has 0 amide bonds. The number of benzene rings is 1. The number of nitrogens with zero attached hydrogens (tertiary/aromatic N) is 2. The highest BCUT2D eigenvalue weighted by atomic mass is 127. The van der Waals surface area contributed by atoms with Gasteiger partial charge in [-0.05, 0) is 59.3 Å². The van der Waals surface area contributed by atoms with E-state index in [1.165, 1.54) is 0 Å². The second-order valence-corrected chi connectivity index (χ2v) is 5.18. The Hall–Kier alpha value is -1.83. The van der Waals surface area contributed by atoms with Gasteiger partial charge in [0.15, 0.2) is 5.76 Å². The topological polar surface area (TPSA) is 72.3 Å². The Bertz CT molecular complexity index is 733. The van der Waals surface area contributed by atoms with Crippen LogP contribution >= 0.6 is 22.6 Å². The molecule has 0 radical (unpaired) electrons. The molecule has 6 heteroatoms. The number of aromatic hydroxyl groups is 1. The van der Waals surface area contributed by atoms with Crippen LogP contribution in [0.25, 0.3) is 23.0 Å². The van der Waals surface area contributed by atoms with Gasteiger partial charge in [-0.1, -0.05) is 5.16 Å². The molecule has 0 spiro atoms. The molecule has 0 fully saturated rings. The maximum atomic E-state index is 9.68. The Morgan fingerprint density at radius 3 is 2.79 bits per heavy atom. The summed E-state index contributed by atoms with van der Waals surface area (Å²) in [6.07, 6.45) is 1.58. The molecule has 1 N–H and O–H groups in total. The molecule has 1 aromatic carbocycles. The highest BCUT2D eigenvalue weighted by Gasteiger charge is 2.15. The molecule has 0 aliphatic carbocycles. The fourth-order valence-corrected chi connectivity index (χ4v) is 2.02. The van der Waals surface area contributed by atoms with Crippen LogP contribution in [0.5, 0.6) is 5.75 Å². The molecule has 2 aromatic heterocycles. The van der Waals surface area contributed by atoms with Gasteiger partial charge in [0.25, 0.3) is 5.89 Å². The molecule has 3 aromatic rings. The van der Waals surface area contributed by atoms with Gasteiger partial charge in [-0.3, -0.25) is 0 Å². The normalized spacial score (nSPS) is 10.8. The number of furan rings is 1. The Kier molecular flexibility index (Phi) is 3.02. The Morgan fingerprint density at radius 1 is 1.26 bits per heavy atom. The van der Waals surface area contributed by atoms with Crippen molar-refractivity contribution in [2.24, 2.45) is 0 Å². The van der Waals surface area contributed by atoms with E-state index in [1.807, 2.05) is 41.6 Å². The molecule has 0 bridgehead atoms. The lowest BCUT2D eigenvalue weighted by Gasteiger charge is -1.98. The highest BCUT2D eigenvalue weighted by molar-refractivity contribution is 14.1. The van der Waals surface area contributed by atoms with Gasteiger partial charge in [0, 0.05) is 5.56 Å². The van der Waals surface area contributed by atoms with Gasteiger partial charge in [-0.25, -0.2) is 0 Å². The van der Waals surface area contributed by atoms with Gasteiger partial charge in [0.1, 0.15) is 5.75 Å². The SMILES string of the molecule is Cc1ccoc1-c1noc(-c2ccc(I)c(O)c2)n1. The van der Waals surface area contributed by atoms with E-state index in [-0.39, 0.29) is 5.75 Å². The lowest BCUT2D eigenvalue weighted by Crippen LogP contribution is -1.82. The van der Waals surface area contributed by atoms with Crippen molar-refractivity contribution in [2.75, 3.05) is 0 Å². The molecule has 0 unspecified atom stereocenters. The number of phenolic OH excluding ortho intramolecular Hbond substituents is 1. The lowest BCUT2D eigenvalue weighted by molar-refractivity contribution is 0.428. The molecule has 0 saturated heterocycles. The number of halogens is 1. The van der Waals surface area contributed by atoms with Crippen molar-refractivity contribution >= 4 is 22.6 Å². The van der Waals surface area contributed by atoms with Crippen LogP contribution in [0.2, 0.25) is 0 Å². The zero-order valence-electron chi connectivity index (χ0n) is 9.92. The van der Waals surface area contributed by atoms with Gasteiger partial charge in [-0.15, -0.1) is 0 Å². The van der Waals surface area contributed by atoms with Gasteiger partial charge < -0.3 is 14.0 Å². The van der Waals surface area contributed by atoms with Crippen molar-refractivity contribution in [1.82, 2.24) is 10.1 Å². The third kappa shape index (κ3) is 2.23. The summed E-state index contributed by atoms with van der Waals surface area (Å²) in [6.45, 7) is 1.91. The van der Waals surface area contributed by atoms with Crippen molar-refractivity contribution in [3.63, 3.8) is 0 Å². The van der Waals surface area contributed by atoms with Crippen molar-refractivity contribution < 1.29 is 14.0 Å². The van der Waals surface area contributed by atoms with Crippen LogP contribution in [-0.4, -0.2) is 15.2 Å². The number of aromatic nitrogens is 2. The van der Waals surface area contributed by atoms with Crippen LogP contribution < -0.4 is 0 Å². The van der Waals surface area contributed by atoms with Crippen LogP contribution in [0.4, 0.5) is 0 Å². The standard InChI is InChI=1S/C13H9IN2O3/c1-7-4-5-18-11(7)12-15-13(19-16-12)8-2-3-9(14)10(17)6-8/h2-6,17H,1H3. The minimum absolute atomic E-state index is 0.187. The van der Waals surface area contributed by atoms with E-state index in [1.54, 1.807) is 18.4 Å². The summed E-state index contributed by atoms with van der Waals surface area (Å²) < 4.78 is 11.3. The minimum Gasteiger partial charge on any atom is -0.507 e. The number of phenols is 1. The summed E-state index contributed by atoms with van der Waals surface area (Å²) >= 11 is 2.05. The Labute approximate surface area is 122 Å². The molecule has 19 heavy (non-hydrogen) atoms. The van der Waals surface area contributed by atoms with Crippen LogP contribution in [-0.2, 0) is 0 Å². The summed E-state index contributed by atoms with van der Waals surface area (Å²) in [7, 11) is 0. The van der Waals surface area contributed by atoms with Crippen LogP contribution in [0, 0.1) is 10.5 Å². The maximum absolute atomic E-state index is 9.68. The minimum atomic E-state index is 0.187. The first-order valence-corrected chi connectivity index (χ1v) is 6.60. The third-order valence-electron chi connectivity index (χ3n) is 2.68.